The zero-order chi connectivity index (χ0) is 14.5. The van der Waals surface area contributed by atoms with Crippen LogP contribution in [-0.2, 0) is 4.79 Å². The molecule has 1 aromatic carbocycles. The molecule has 0 fully saturated rings. The average Bonchev–Trinajstić information content (AvgIpc) is 2.41. The van der Waals surface area contributed by atoms with Crippen LogP contribution < -0.4 is 4.74 Å². The Balaban J connectivity index is 2.19. The second-order valence-electron chi connectivity index (χ2n) is 3.80. The molecule has 1 aromatic heterocycles. The first-order chi connectivity index (χ1) is 9.54. The van der Waals surface area contributed by atoms with E-state index in [4.69, 9.17) is 21.4 Å². The number of aliphatic carboxylic acids is 1. The van der Waals surface area contributed by atoms with E-state index in [1.807, 2.05) is 0 Å². The number of rotatable bonds is 4. The third kappa shape index (κ3) is 3.80. The van der Waals surface area contributed by atoms with Crippen molar-refractivity contribution in [1.29, 1.82) is 0 Å². The second kappa shape index (κ2) is 6.16. The molecular weight excluding hydrogens is 285 g/mol. The molecule has 0 amide bonds. The number of carbonyl (C=O) groups is 1. The van der Waals surface area contributed by atoms with E-state index in [9.17, 15) is 9.18 Å². The first kappa shape index (κ1) is 14.0. The van der Waals surface area contributed by atoms with Gasteiger partial charge >= 0.3 is 5.97 Å². The average molecular weight is 294 g/mol. The van der Waals surface area contributed by atoms with Crippen LogP contribution in [-0.4, -0.2) is 16.1 Å². The van der Waals surface area contributed by atoms with E-state index in [0.717, 1.165) is 12.1 Å². The number of benzene rings is 1. The molecule has 0 aliphatic heterocycles. The van der Waals surface area contributed by atoms with E-state index in [0.29, 0.717) is 11.3 Å². The molecule has 0 bridgehead atoms. The number of aromatic nitrogens is 1. The molecule has 0 aliphatic rings. The fourth-order valence-electron chi connectivity index (χ4n) is 1.43. The smallest absolute Gasteiger partial charge is 0.328 e. The predicted octanol–water partition coefficient (Wildman–Crippen LogP) is 3.76. The predicted molar refractivity (Wildman–Crippen MR) is 72.4 cm³/mol. The molecule has 1 heterocycles. The van der Waals surface area contributed by atoms with Crippen molar-refractivity contribution in [3.8, 4) is 11.5 Å². The summed E-state index contributed by atoms with van der Waals surface area (Å²) in [5.41, 5.74) is 0.555. The number of nitrogens with zero attached hydrogens (tertiary/aromatic N) is 1. The van der Waals surface area contributed by atoms with Crippen LogP contribution in [0.15, 0.2) is 42.7 Å². The summed E-state index contributed by atoms with van der Waals surface area (Å²) in [5, 5.41) is 8.55. The summed E-state index contributed by atoms with van der Waals surface area (Å²) in [6.07, 6.45) is 5.28. The monoisotopic (exact) mass is 293 g/mol. The normalized spacial score (nSPS) is 10.7. The molecule has 4 nitrogen and oxygen atoms in total. The van der Waals surface area contributed by atoms with Crippen molar-refractivity contribution >= 4 is 23.6 Å². The molecule has 0 saturated carbocycles. The summed E-state index contributed by atoms with van der Waals surface area (Å²) < 4.78 is 18.7. The van der Waals surface area contributed by atoms with Gasteiger partial charge in [-0.05, 0) is 29.8 Å². The van der Waals surface area contributed by atoms with Crippen molar-refractivity contribution in [3.05, 3.63) is 59.1 Å². The summed E-state index contributed by atoms with van der Waals surface area (Å²) in [6, 6.07) is 5.64. The van der Waals surface area contributed by atoms with Crippen LogP contribution in [0.2, 0.25) is 5.02 Å². The van der Waals surface area contributed by atoms with Crippen LogP contribution in [0, 0.1) is 5.82 Å². The molecule has 1 N–H and O–H groups in total. The van der Waals surface area contributed by atoms with Gasteiger partial charge in [0.2, 0.25) is 0 Å². The Morgan fingerprint density at radius 3 is 2.80 bits per heavy atom. The lowest BCUT2D eigenvalue weighted by atomic mass is 10.2. The standard InChI is InChI=1S/C14H9ClFNO3/c15-12-3-2-10(6-13(12)16)20-11-5-9(7-17-8-11)1-4-14(18)19/h1-8H,(H,18,19)/b4-1+. The number of ether oxygens (including phenoxy) is 1. The van der Waals surface area contributed by atoms with Gasteiger partial charge in [-0.1, -0.05) is 11.6 Å². The molecule has 0 saturated heterocycles. The number of carboxylic acids is 1. The van der Waals surface area contributed by atoms with Crippen LogP contribution in [0.25, 0.3) is 6.08 Å². The molecule has 6 heteroatoms. The lowest BCUT2D eigenvalue weighted by Crippen LogP contribution is -1.89. The quantitative estimate of drug-likeness (QED) is 0.872. The Morgan fingerprint density at radius 2 is 2.10 bits per heavy atom. The number of carboxylic acid groups (broad SMARTS) is 1. The maximum Gasteiger partial charge on any atom is 0.328 e. The first-order valence-corrected chi connectivity index (χ1v) is 5.91. The van der Waals surface area contributed by atoms with Gasteiger partial charge in [0.15, 0.2) is 0 Å². The van der Waals surface area contributed by atoms with E-state index >= 15 is 0 Å². The molecule has 0 unspecified atom stereocenters. The van der Waals surface area contributed by atoms with Gasteiger partial charge in [-0.25, -0.2) is 9.18 Å². The van der Waals surface area contributed by atoms with Crippen molar-refractivity contribution in [3.63, 3.8) is 0 Å². The molecule has 0 atom stereocenters. The summed E-state index contributed by atoms with van der Waals surface area (Å²) in [6.45, 7) is 0. The van der Waals surface area contributed by atoms with Crippen molar-refractivity contribution in [2.75, 3.05) is 0 Å². The third-order valence-electron chi connectivity index (χ3n) is 2.28. The highest BCUT2D eigenvalue weighted by molar-refractivity contribution is 6.30. The van der Waals surface area contributed by atoms with E-state index in [-0.39, 0.29) is 10.8 Å². The van der Waals surface area contributed by atoms with Gasteiger partial charge in [0, 0.05) is 18.3 Å². The lowest BCUT2D eigenvalue weighted by Gasteiger charge is -2.06. The minimum absolute atomic E-state index is 0.00798. The van der Waals surface area contributed by atoms with Gasteiger partial charge in [-0.3, -0.25) is 4.98 Å². The SMILES string of the molecule is O=C(O)/C=C/c1cncc(Oc2ccc(Cl)c(F)c2)c1. The lowest BCUT2D eigenvalue weighted by molar-refractivity contribution is -0.131. The number of hydrogen-bond donors (Lipinski definition) is 1. The number of halogens is 2. The fourth-order valence-corrected chi connectivity index (χ4v) is 1.54. The molecular formula is C14H9ClFNO3. The number of pyridine rings is 1. The van der Waals surface area contributed by atoms with E-state index in [1.165, 1.54) is 30.6 Å². The van der Waals surface area contributed by atoms with Gasteiger partial charge in [0.1, 0.15) is 17.3 Å². The fraction of sp³-hybridized carbons (Fsp3) is 0. The van der Waals surface area contributed by atoms with E-state index < -0.39 is 11.8 Å². The van der Waals surface area contributed by atoms with Crippen LogP contribution in [0.5, 0.6) is 11.5 Å². The largest absolute Gasteiger partial charge is 0.478 e. The molecule has 0 radical (unpaired) electrons. The van der Waals surface area contributed by atoms with Gasteiger partial charge in [-0.2, -0.15) is 0 Å². The highest BCUT2D eigenvalue weighted by atomic mass is 35.5. The third-order valence-corrected chi connectivity index (χ3v) is 2.59. The minimum atomic E-state index is -1.06. The molecule has 0 spiro atoms. The van der Waals surface area contributed by atoms with Crippen LogP contribution in [0.3, 0.4) is 0 Å². The van der Waals surface area contributed by atoms with E-state index in [2.05, 4.69) is 4.98 Å². The van der Waals surface area contributed by atoms with Crippen molar-refractivity contribution < 1.29 is 19.0 Å². The Hall–Kier alpha value is -2.40. The van der Waals surface area contributed by atoms with Crippen LogP contribution in [0.1, 0.15) is 5.56 Å². The van der Waals surface area contributed by atoms with Crippen molar-refractivity contribution in [2.45, 2.75) is 0 Å². The second-order valence-corrected chi connectivity index (χ2v) is 4.21. The summed E-state index contributed by atoms with van der Waals surface area (Å²) in [7, 11) is 0. The summed E-state index contributed by atoms with van der Waals surface area (Å²) in [5.74, 6) is -1.01. The highest BCUT2D eigenvalue weighted by Crippen LogP contribution is 2.25. The highest BCUT2D eigenvalue weighted by Gasteiger charge is 2.04. The molecule has 0 aliphatic carbocycles. The molecule has 20 heavy (non-hydrogen) atoms. The Bertz CT molecular complexity index is 673. The summed E-state index contributed by atoms with van der Waals surface area (Å²) in [4.78, 5) is 14.3. The van der Waals surface area contributed by atoms with Gasteiger partial charge in [0.05, 0.1) is 11.2 Å². The minimum Gasteiger partial charge on any atom is -0.478 e. The maximum atomic E-state index is 13.3. The Labute approximate surface area is 119 Å². The topological polar surface area (TPSA) is 59.4 Å². The maximum absolute atomic E-state index is 13.3. The van der Waals surface area contributed by atoms with Crippen molar-refractivity contribution in [1.82, 2.24) is 4.98 Å². The van der Waals surface area contributed by atoms with Gasteiger partial charge in [-0.15, -0.1) is 0 Å². The van der Waals surface area contributed by atoms with E-state index in [1.54, 1.807) is 6.07 Å². The zero-order valence-corrected chi connectivity index (χ0v) is 10.8. The van der Waals surface area contributed by atoms with Crippen LogP contribution >= 0.6 is 11.6 Å². The summed E-state index contributed by atoms with van der Waals surface area (Å²) >= 11 is 5.57. The zero-order valence-electron chi connectivity index (χ0n) is 10.1. The molecule has 2 aromatic rings. The Kier molecular flexibility index (Phi) is 4.32. The van der Waals surface area contributed by atoms with Crippen molar-refractivity contribution in [2.24, 2.45) is 0 Å². The molecule has 2 rings (SSSR count). The Morgan fingerprint density at radius 1 is 1.30 bits per heavy atom. The molecule has 102 valence electrons. The first-order valence-electron chi connectivity index (χ1n) is 5.53. The van der Waals surface area contributed by atoms with Gasteiger partial charge in [0.25, 0.3) is 0 Å². The number of hydrogen-bond acceptors (Lipinski definition) is 3. The van der Waals surface area contributed by atoms with Crippen LogP contribution in [0.4, 0.5) is 4.39 Å². The van der Waals surface area contributed by atoms with Gasteiger partial charge < -0.3 is 9.84 Å².